The van der Waals surface area contributed by atoms with Gasteiger partial charge in [0, 0.05) is 21.3 Å². The zero-order valence-electron chi connectivity index (χ0n) is 8.06. The monoisotopic (exact) mass is 452 g/mol. The molecule has 0 bridgehead atoms. The van der Waals surface area contributed by atoms with E-state index in [4.69, 9.17) is 0 Å². The second kappa shape index (κ2) is 7.29. The van der Waals surface area contributed by atoms with Crippen LogP contribution in [0.4, 0.5) is 0 Å². The van der Waals surface area contributed by atoms with Crippen molar-refractivity contribution in [2.24, 2.45) is 23.7 Å². The molecule has 84 valence electrons. The van der Waals surface area contributed by atoms with Crippen molar-refractivity contribution in [3.8, 4) is 0 Å². The summed E-state index contributed by atoms with van der Waals surface area (Å²) in [5, 5.41) is 4.62. The van der Waals surface area contributed by atoms with Crippen molar-refractivity contribution < 1.29 is 0 Å². The molecule has 1 aliphatic rings. The summed E-state index contributed by atoms with van der Waals surface area (Å²) in [6.45, 7) is 0. The first-order valence-electron chi connectivity index (χ1n) is 5.00. The number of halogens is 4. The molecule has 0 amide bonds. The molecule has 0 aliphatic heterocycles. The zero-order chi connectivity index (χ0) is 10.6. The van der Waals surface area contributed by atoms with Crippen LogP contribution in [-0.4, -0.2) is 21.3 Å². The zero-order valence-corrected chi connectivity index (χ0v) is 14.4. The van der Waals surface area contributed by atoms with Crippen molar-refractivity contribution in [3.63, 3.8) is 0 Å². The highest BCUT2D eigenvalue weighted by Crippen LogP contribution is 2.41. The van der Waals surface area contributed by atoms with Gasteiger partial charge in [-0.15, -0.1) is 0 Å². The van der Waals surface area contributed by atoms with Gasteiger partial charge in [0.05, 0.1) is 0 Å². The van der Waals surface area contributed by atoms with Gasteiger partial charge < -0.3 is 0 Å². The third kappa shape index (κ3) is 3.46. The van der Waals surface area contributed by atoms with Gasteiger partial charge in [-0.25, -0.2) is 0 Å². The Kier molecular flexibility index (Phi) is 7.28. The van der Waals surface area contributed by atoms with Crippen molar-refractivity contribution in [1.82, 2.24) is 0 Å². The molecule has 0 saturated heterocycles. The van der Waals surface area contributed by atoms with E-state index in [0.29, 0.717) is 0 Å². The molecule has 4 unspecified atom stereocenters. The Morgan fingerprint density at radius 1 is 0.571 bits per heavy atom. The third-order valence-electron chi connectivity index (χ3n) is 3.34. The molecule has 0 radical (unpaired) electrons. The number of hydrogen-bond acceptors (Lipinski definition) is 0. The Hall–Kier alpha value is 1.92. The molecule has 1 rings (SSSR count). The normalized spacial score (nSPS) is 38.6. The maximum absolute atomic E-state index is 3.64. The number of hydrogen-bond donors (Lipinski definition) is 0. The van der Waals surface area contributed by atoms with Gasteiger partial charge in [0.1, 0.15) is 0 Å². The van der Waals surface area contributed by atoms with E-state index in [1.54, 1.807) is 0 Å². The van der Waals surface area contributed by atoms with Crippen LogP contribution in [0.5, 0.6) is 0 Å². The van der Waals surface area contributed by atoms with E-state index in [0.717, 1.165) is 45.0 Å². The molecular formula is C10H16Br4. The minimum atomic E-state index is 0.854. The van der Waals surface area contributed by atoms with Crippen LogP contribution in [0.25, 0.3) is 0 Å². The first kappa shape index (κ1) is 14.0. The van der Waals surface area contributed by atoms with E-state index < -0.39 is 0 Å². The lowest BCUT2D eigenvalue weighted by atomic mass is 9.71. The van der Waals surface area contributed by atoms with Crippen LogP contribution in [0.3, 0.4) is 0 Å². The smallest absolute Gasteiger partial charge is 0.00627 e. The molecule has 0 aromatic heterocycles. The van der Waals surface area contributed by atoms with Crippen LogP contribution in [-0.2, 0) is 0 Å². The average molecular weight is 456 g/mol. The summed E-state index contributed by atoms with van der Waals surface area (Å²) in [4.78, 5) is 0. The summed E-state index contributed by atoms with van der Waals surface area (Å²) < 4.78 is 0. The van der Waals surface area contributed by atoms with Crippen LogP contribution in [0.15, 0.2) is 0 Å². The average Bonchev–Trinajstić information content (AvgIpc) is 2.26. The molecule has 0 heterocycles. The Morgan fingerprint density at radius 2 is 0.786 bits per heavy atom. The van der Waals surface area contributed by atoms with Crippen molar-refractivity contribution >= 4 is 63.7 Å². The summed E-state index contributed by atoms with van der Waals surface area (Å²) in [6, 6.07) is 0. The van der Waals surface area contributed by atoms with E-state index >= 15 is 0 Å². The van der Waals surface area contributed by atoms with Gasteiger partial charge in [-0.05, 0) is 36.5 Å². The lowest BCUT2D eigenvalue weighted by Crippen LogP contribution is -2.35. The molecule has 1 saturated carbocycles. The van der Waals surface area contributed by atoms with Gasteiger partial charge in [-0.1, -0.05) is 63.7 Å². The fourth-order valence-corrected chi connectivity index (χ4v) is 5.48. The van der Waals surface area contributed by atoms with Crippen LogP contribution in [0.2, 0.25) is 0 Å². The fourth-order valence-electron chi connectivity index (χ4n) is 2.30. The lowest BCUT2D eigenvalue weighted by Gasteiger charge is -2.39. The van der Waals surface area contributed by atoms with E-state index in [1.807, 2.05) is 0 Å². The fraction of sp³-hybridized carbons (Fsp3) is 1.00. The number of rotatable bonds is 4. The molecule has 1 aliphatic carbocycles. The summed E-state index contributed by atoms with van der Waals surface area (Å²) >= 11 is 14.6. The van der Waals surface area contributed by atoms with Crippen LogP contribution >= 0.6 is 63.7 Å². The predicted octanol–water partition coefficient (Wildman–Crippen LogP) is 4.82. The molecule has 0 nitrogen and oxygen atoms in total. The minimum Gasteiger partial charge on any atom is -0.0925 e. The summed E-state index contributed by atoms with van der Waals surface area (Å²) in [5.74, 6) is 3.42. The highest BCUT2D eigenvalue weighted by molar-refractivity contribution is 9.09. The molecule has 4 atom stereocenters. The van der Waals surface area contributed by atoms with E-state index in [2.05, 4.69) is 63.7 Å². The minimum absolute atomic E-state index is 0.854. The largest absolute Gasteiger partial charge is 0.0925 e. The van der Waals surface area contributed by atoms with E-state index in [9.17, 15) is 0 Å². The molecule has 0 aromatic carbocycles. The Labute approximate surface area is 120 Å². The van der Waals surface area contributed by atoms with Crippen LogP contribution < -0.4 is 0 Å². The first-order chi connectivity index (χ1) is 6.76. The Morgan fingerprint density at radius 3 is 0.929 bits per heavy atom. The van der Waals surface area contributed by atoms with Gasteiger partial charge in [-0.2, -0.15) is 0 Å². The van der Waals surface area contributed by atoms with Crippen molar-refractivity contribution in [2.75, 3.05) is 21.3 Å². The molecule has 1 fully saturated rings. The van der Waals surface area contributed by atoms with Crippen molar-refractivity contribution in [2.45, 2.75) is 12.8 Å². The molecule has 0 spiro atoms. The first-order valence-corrected chi connectivity index (χ1v) is 9.49. The number of alkyl halides is 4. The molecular weight excluding hydrogens is 440 g/mol. The predicted molar refractivity (Wildman–Crippen MR) is 78.4 cm³/mol. The van der Waals surface area contributed by atoms with Gasteiger partial charge in [0.2, 0.25) is 0 Å². The summed E-state index contributed by atoms with van der Waals surface area (Å²) in [7, 11) is 0. The second-order valence-electron chi connectivity index (χ2n) is 4.13. The summed E-state index contributed by atoms with van der Waals surface area (Å²) in [6.07, 6.45) is 2.73. The highest BCUT2D eigenvalue weighted by Gasteiger charge is 2.34. The van der Waals surface area contributed by atoms with Crippen LogP contribution in [0.1, 0.15) is 12.8 Å². The SMILES string of the molecule is BrCC1CC(CBr)C(CBr)CC1CBr. The van der Waals surface area contributed by atoms with Crippen molar-refractivity contribution in [1.29, 1.82) is 0 Å². The molecule has 0 N–H and O–H groups in total. The van der Waals surface area contributed by atoms with Gasteiger partial charge in [0.15, 0.2) is 0 Å². The Balaban J connectivity index is 2.59. The highest BCUT2D eigenvalue weighted by atomic mass is 79.9. The second-order valence-corrected chi connectivity index (χ2v) is 6.72. The topological polar surface area (TPSA) is 0 Å². The molecule has 0 aromatic rings. The standard InChI is InChI=1S/C10H16Br4/c11-3-7-1-8(4-12)10(6-14)2-9(7)5-13/h7-10H,1-6H2. The molecule has 4 heteroatoms. The maximum Gasteiger partial charge on any atom is 0.00627 e. The third-order valence-corrected chi connectivity index (χ3v) is 6.66. The molecule has 14 heavy (non-hydrogen) atoms. The lowest BCUT2D eigenvalue weighted by molar-refractivity contribution is 0.172. The van der Waals surface area contributed by atoms with Crippen LogP contribution in [0, 0.1) is 23.7 Å². The summed E-state index contributed by atoms with van der Waals surface area (Å²) in [5.41, 5.74) is 0. The van der Waals surface area contributed by atoms with E-state index in [1.165, 1.54) is 12.8 Å². The van der Waals surface area contributed by atoms with Crippen molar-refractivity contribution in [3.05, 3.63) is 0 Å². The van der Waals surface area contributed by atoms with Gasteiger partial charge in [-0.3, -0.25) is 0 Å². The van der Waals surface area contributed by atoms with E-state index in [-0.39, 0.29) is 0 Å². The Bertz CT molecular complexity index is 128. The quantitative estimate of drug-likeness (QED) is 0.533. The maximum atomic E-state index is 3.64. The van der Waals surface area contributed by atoms with Gasteiger partial charge in [0.25, 0.3) is 0 Å². The van der Waals surface area contributed by atoms with Gasteiger partial charge >= 0.3 is 0 Å².